The second-order valence-electron chi connectivity index (χ2n) is 4.99. The molecular formula is C13H16FN3O. The molecule has 3 rings (SSSR count). The molecule has 0 saturated carbocycles. The Morgan fingerprint density at radius 1 is 1.28 bits per heavy atom. The lowest BCUT2D eigenvalue weighted by Crippen LogP contribution is -2.35. The van der Waals surface area contributed by atoms with E-state index in [9.17, 15) is 9.18 Å². The van der Waals surface area contributed by atoms with Gasteiger partial charge < -0.3 is 15.5 Å². The standard InChI is InChI=1S/C13H16FN3O/c14-11-3-1-2-4-12(11)16-13(18)17-7-9-5-15-6-10(9)8-17/h1-4,9-10,15H,5-8H2,(H,16,18). The second-order valence-corrected chi connectivity index (χ2v) is 4.99. The van der Waals surface area contributed by atoms with E-state index in [1.165, 1.54) is 6.07 Å². The lowest BCUT2D eigenvalue weighted by atomic mass is 10.0. The fourth-order valence-electron chi connectivity index (χ4n) is 2.78. The number of para-hydroxylation sites is 1. The zero-order valence-electron chi connectivity index (χ0n) is 10.0. The maximum absolute atomic E-state index is 13.4. The van der Waals surface area contributed by atoms with E-state index in [-0.39, 0.29) is 11.7 Å². The number of carbonyl (C=O) groups is 1. The van der Waals surface area contributed by atoms with Gasteiger partial charge in [0.15, 0.2) is 0 Å². The third-order valence-electron chi connectivity index (χ3n) is 3.79. The van der Waals surface area contributed by atoms with Gasteiger partial charge in [0.05, 0.1) is 5.69 Å². The highest BCUT2D eigenvalue weighted by Gasteiger charge is 2.38. The molecule has 96 valence electrons. The zero-order chi connectivity index (χ0) is 12.5. The minimum atomic E-state index is -0.396. The van der Waals surface area contributed by atoms with Gasteiger partial charge in [-0.1, -0.05) is 12.1 Å². The maximum atomic E-state index is 13.4. The molecule has 0 aromatic heterocycles. The van der Waals surface area contributed by atoms with Gasteiger partial charge in [-0.2, -0.15) is 0 Å². The monoisotopic (exact) mass is 249 g/mol. The van der Waals surface area contributed by atoms with E-state index >= 15 is 0 Å². The van der Waals surface area contributed by atoms with Crippen molar-refractivity contribution in [1.29, 1.82) is 0 Å². The minimum Gasteiger partial charge on any atom is -0.324 e. The summed E-state index contributed by atoms with van der Waals surface area (Å²) >= 11 is 0. The summed E-state index contributed by atoms with van der Waals surface area (Å²) in [4.78, 5) is 13.8. The molecule has 0 spiro atoms. The number of hydrogen-bond acceptors (Lipinski definition) is 2. The van der Waals surface area contributed by atoms with Crippen LogP contribution < -0.4 is 10.6 Å². The number of anilines is 1. The quantitative estimate of drug-likeness (QED) is 0.792. The number of benzene rings is 1. The van der Waals surface area contributed by atoms with E-state index in [2.05, 4.69) is 10.6 Å². The molecule has 18 heavy (non-hydrogen) atoms. The SMILES string of the molecule is O=C(Nc1ccccc1F)N1CC2CNCC2C1. The van der Waals surface area contributed by atoms with Crippen molar-refractivity contribution in [3.63, 3.8) is 0 Å². The number of nitrogens with zero attached hydrogens (tertiary/aromatic N) is 1. The summed E-state index contributed by atoms with van der Waals surface area (Å²) in [5.41, 5.74) is 0.248. The molecule has 1 aromatic carbocycles. The molecule has 4 nitrogen and oxygen atoms in total. The molecule has 2 amide bonds. The first-order chi connectivity index (χ1) is 8.74. The molecule has 2 aliphatic heterocycles. The van der Waals surface area contributed by atoms with Gasteiger partial charge >= 0.3 is 6.03 Å². The number of urea groups is 1. The molecule has 2 unspecified atom stereocenters. The molecule has 2 aliphatic rings. The Bertz CT molecular complexity index is 453. The van der Waals surface area contributed by atoms with Crippen LogP contribution in [0.2, 0.25) is 0 Å². The van der Waals surface area contributed by atoms with Crippen molar-refractivity contribution in [1.82, 2.24) is 10.2 Å². The van der Waals surface area contributed by atoms with Crippen LogP contribution in [0.5, 0.6) is 0 Å². The number of hydrogen-bond donors (Lipinski definition) is 2. The lowest BCUT2D eigenvalue weighted by Gasteiger charge is -2.18. The Kier molecular flexibility index (Phi) is 2.91. The topological polar surface area (TPSA) is 44.4 Å². The van der Waals surface area contributed by atoms with E-state index in [0.717, 1.165) is 26.2 Å². The fraction of sp³-hybridized carbons (Fsp3) is 0.462. The predicted octanol–water partition coefficient (Wildman–Crippen LogP) is 1.51. The summed E-state index contributed by atoms with van der Waals surface area (Å²) in [7, 11) is 0. The lowest BCUT2D eigenvalue weighted by molar-refractivity contribution is 0.219. The number of likely N-dealkylation sites (tertiary alicyclic amines) is 1. The van der Waals surface area contributed by atoms with Crippen LogP contribution in [-0.4, -0.2) is 37.1 Å². The van der Waals surface area contributed by atoms with Gasteiger partial charge in [-0.25, -0.2) is 9.18 Å². The van der Waals surface area contributed by atoms with Crippen molar-refractivity contribution in [3.8, 4) is 0 Å². The molecule has 2 N–H and O–H groups in total. The number of carbonyl (C=O) groups excluding carboxylic acids is 1. The van der Waals surface area contributed by atoms with Crippen LogP contribution in [-0.2, 0) is 0 Å². The average Bonchev–Trinajstić information content (AvgIpc) is 2.92. The number of fused-ring (bicyclic) bond motifs is 1. The van der Waals surface area contributed by atoms with Gasteiger partial charge in [0.25, 0.3) is 0 Å². The van der Waals surface area contributed by atoms with E-state index in [0.29, 0.717) is 11.8 Å². The summed E-state index contributed by atoms with van der Waals surface area (Å²) in [5.74, 6) is 0.708. The van der Waals surface area contributed by atoms with E-state index in [4.69, 9.17) is 0 Å². The van der Waals surface area contributed by atoms with Gasteiger partial charge in [-0.05, 0) is 24.0 Å². The minimum absolute atomic E-state index is 0.200. The molecule has 2 saturated heterocycles. The highest BCUT2D eigenvalue weighted by Crippen LogP contribution is 2.26. The highest BCUT2D eigenvalue weighted by atomic mass is 19.1. The van der Waals surface area contributed by atoms with Crippen molar-refractivity contribution >= 4 is 11.7 Å². The van der Waals surface area contributed by atoms with Crippen molar-refractivity contribution in [2.75, 3.05) is 31.5 Å². The maximum Gasteiger partial charge on any atom is 0.321 e. The van der Waals surface area contributed by atoms with Crippen LogP contribution in [0.15, 0.2) is 24.3 Å². The molecular weight excluding hydrogens is 233 g/mol. The third-order valence-corrected chi connectivity index (χ3v) is 3.79. The molecule has 0 radical (unpaired) electrons. The van der Waals surface area contributed by atoms with Gasteiger partial charge in [-0.15, -0.1) is 0 Å². The van der Waals surface area contributed by atoms with Crippen LogP contribution in [0.25, 0.3) is 0 Å². The van der Waals surface area contributed by atoms with Gasteiger partial charge in [0, 0.05) is 26.2 Å². The first-order valence-electron chi connectivity index (χ1n) is 6.25. The van der Waals surface area contributed by atoms with Crippen LogP contribution in [0.1, 0.15) is 0 Å². The highest BCUT2D eigenvalue weighted by molar-refractivity contribution is 5.89. The third kappa shape index (κ3) is 2.06. The fourth-order valence-corrected chi connectivity index (χ4v) is 2.78. The molecule has 2 fully saturated rings. The van der Waals surface area contributed by atoms with Crippen LogP contribution in [0.4, 0.5) is 14.9 Å². The van der Waals surface area contributed by atoms with Gasteiger partial charge in [0.2, 0.25) is 0 Å². The number of nitrogens with one attached hydrogen (secondary N) is 2. The number of amides is 2. The largest absolute Gasteiger partial charge is 0.324 e. The number of rotatable bonds is 1. The van der Waals surface area contributed by atoms with Gasteiger partial charge in [-0.3, -0.25) is 0 Å². The summed E-state index contributed by atoms with van der Waals surface area (Å²) < 4.78 is 13.4. The summed E-state index contributed by atoms with van der Waals surface area (Å²) in [6, 6.07) is 6.04. The molecule has 2 heterocycles. The van der Waals surface area contributed by atoms with Crippen molar-refractivity contribution in [3.05, 3.63) is 30.1 Å². The Hall–Kier alpha value is -1.62. The Morgan fingerprint density at radius 3 is 2.61 bits per heavy atom. The Labute approximate surface area is 105 Å². The number of halogens is 1. The zero-order valence-corrected chi connectivity index (χ0v) is 10.0. The summed E-state index contributed by atoms with van der Waals surface area (Å²) in [6.45, 7) is 3.48. The molecule has 5 heteroatoms. The van der Waals surface area contributed by atoms with Crippen molar-refractivity contribution in [2.24, 2.45) is 11.8 Å². The molecule has 1 aromatic rings. The van der Waals surface area contributed by atoms with Crippen molar-refractivity contribution in [2.45, 2.75) is 0 Å². The predicted molar refractivity (Wildman–Crippen MR) is 66.8 cm³/mol. The van der Waals surface area contributed by atoms with E-state index in [1.54, 1.807) is 23.1 Å². The second kappa shape index (κ2) is 4.57. The summed E-state index contributed by atoms with van der Waals surface area (Å²) in [5, 5.41) is 5.96. The van der Waals surface area contributed by atoms with E-state index in [1.807, 2.05) is 0 Å². The van der Waals surface area contributed by atoms with Crippen LogP contribution in [0.3, 0.4) is 0 Å². The van der Waals surface area contributed by atoms with Gasteiger partial charge in [0.1, 0.15) is 5.82 Å². The molecule has 0 bridgehead atoms. The Morgan fingerprint density at radius 2 is 1.94 bits per heavy atom. The first-order valence-corrected chi connectivity index (χ1v) is 6.25. The van der Waals surface area contributed by atoms with Crippen LogP contribution in [0, 0.1) is 17.7 Å². The van der Waals surface area contributed by atoms with Crippen LogP contribution >= 0.6 is 0 Å². The normalized spacial score (nSPS) is 26.2. The van der Waals surface area contributed by atoms with Crippen molar-refractivity contribution < 1.29 is 9.18 Å². The summed E-state index contributed by atoms with van der Waals surface area (Å²) in [6.07, 6.45) is 0. The first kappa shape index (κ1) is 11.5. The molecule has 2 atom stereocenters. The van der Waals surface area contributed by atoms with E-state index < -0.39 is 5.82 Å². The molecule has 0 aliphatic carbocycles. The smallest absolute Gasteiger partial charge is 0.321 e. The Balaban J connectivity index is 1.64. The average molecular weight is 249 g/mol.